The van der Waals surface area contributed by atoms with Gasteiger partial charge in [0, 0.05) is 42.3 Å². The number of nitrogens with zero attached hydrogens (tertiary/aromatic N) is 1. The van der Waals surface area contributed by atoms with Gasteiger partial charge in [0.05, 0.1) is 7.11 Å². The number of phenols is 1. The van der Waals surface area contributed by atoms with Crippen LogP contribution in [-0.2, 0) is 0 Å². The number of ether oxygens (including phenoxy) is 1. The molecule has 0 unspecified atom stereocenters. The normalized spacial score (nSPS) is 16.4. The number of nitrogens with one attached hydrogen (secondary N) is 1. The lowest BCUT2D eigenvalue weighted by molar-refractivity contribution is 0.151. The van der Waals surface area contributed by atoms with E-state index < -0.39 is 0 Å². The summed E-state index contributed by atoms with van der Waals surface area (Å²) in [6, 6.07) is 4.05. The molecule has 1 saturated heterocycles. The Bertz CT molecular complexity index is 483. The monoisotopic (exact) mass is 428 g/mol. The van der Waals surface area contributed by atoms with E-state index >= 15 is 0 Å². The summed E-state index contributed by atoms with van der Waals surface area (Å²) in [6.07, 6.45) is 1.02. The fraction of sp³-hybridized carbons (Fsp3) is 0.625. The van der Waals surface area contributed by atoms with Crippen LogP contribution in [0.5, 0.6) is 11.5 Å². The number of aromatic hydroxyl groups is 1. The van der Waals surface area contributed by atoms with Crippen LogP contribution in [0.3, 0.4) is 0 Å². The van der Waals surface area contributed by atoms with Crippen molar-refractivity contribution in [1.82, 2.24) is 10.2 Å². The Morgan fingerprint density at radius 3 is 2.39 bits per heavy atom. The summed E-state index contributed by atoms with van der Waals surface area (Å²) in [7, 11) is 1.59. The first-order valence-electron chi connectivity index (χ1n) is 7.54. The van der Waals surface area contributed by atoms with Gasteiger partial charge < -0.3 is 15.2 Å². The van der Waals surface area contributed by atoms with E-state index in [0.29, 0.717) is 11.7 Å². The van der Waals surface area contributed by atoms with Gasteiger partial charge in [0.25, 0.3) is 0 Å². The fourth-order valence-corrected chi connectivity index (χ4v) is 3.37. The second-order valence-corrected chi connectivity index (χ2v) is 6.89. The van der Waals surface area contributed by atoms with Crippen molar-refractivity contribution >= 4 is 40.7 Å². The number of piperazine rings is 1. The summed E-state index contributed by atoms with van der Waals surface area (Å²) in [5, 5.41) is 13.9. The van der Waals surface area contributed by atoms with Crippen molar-refractivity contribution in [2.75, 3.05) is 33.3 Å². The average Bonchev–Trinajstić information content (AvgIpc) is 2.47. The molecule has 0 radical (unpaired) electrons. The van der Waals surface area contributed by atoms with Gasteiger partial charge in [-0.1, -0.05) is 29.8 Å². The molecule has 1 aliphatic heterocycles. The maximum atomic E-state index is 10.5. The fourth-order valence-electron chi connectivity index (χ4n) is 2.92. The summed E-state index contributed by atoms with van der Waals surface area (Å²) in [5.41, 5.74) is 0.955. The summed E-state index contributed by atoms with van der Waals surface area (Å²) >= 11 is 3.52. The Kier molecular flexibility index (Phi) is 10.5. The zero-order valence-corrected chi connectivity index (χ0v) is 17.1. The molecule has 1 fully saturated rings. The lowest BCUT2D eigenvalue weighted by Gasteiger charge is -2.36. The number of methoxy groups -OCH3 is 1. The van der Waals surface area contributed by atoms with Gasteiger partial charge in [-0.15, -0.1) is 24.8 Å². The number of halogens is 3. The topological polar surface area (TPSA) is 44.7 Å². The Balaban J connectivity index is 0.00000242. The summed E-state index contributed by atoms with van der Waals surface area (Å²) < 4.78 is 6.24. The van der Waals surface area contributed by atoms with Gasteiger partial charge in [-0.25, -0.2) is 0 Å². The first-order chi connectivity index (χ1) is 10.0. The lowest BCUT2D eigenvalue weighted by atomic mass is 9.94. The van der Waals surface area contributed by atoms with E-state index in [1.807, 2.05) is 12.1 Å². The van der Waals surface area contributed by atoms with E-state index in [2.05, 4.69) is 40.0 Å². The Labute approximate surface area is 159 Å². The van der Waals surface area contributed by atoms with Gasteiger partial charge in [0.15, 0.2) is 11.5 Å². The smallest absolute Gasteiger partial charge is 0.162 e. The van der Waals surface area contributed by atoms with Crippen LogP contribution in [0.1, 0.15) is 31.9 Å². The molecule has 0 spiro atoms. The molecule has 4 nitrogen and oxygen atoms in total. The highest BCUT2D eigenvalue weighted by Gasteiger charge is 2.27. The van der Waals surface area contributed by atoms with Gasteiger partial charge in [0.2, 0.25) is 0 Å². The van der Waals surface area contributed by atoms with E-state index in [1.165, 1.54) is 0 Å². The highest BCUT2D eigenvalue weighted by atomic mass is 79.9. The Hall–Kier alpha value is -0.200. The molecule has 23 heavy (non-hydrogen) atoms. The third-order valence-corrected chi connectivity index (χ3v) is 4.39. The van der Waals surface area contributed by atoms with Crippen molar-refractivity contribution in [1.29, 1.82) is 0 Å². The number of hydrogen-bond donors (Lipinski definition) is 2. The molecule has 1 heterocycles. The van der Waals surface area contributed by atoms with Crippen LogP contribution >= 0.6 is 40.7 Å². The minimum atomic E-state index is 0. The second-order valence-electron chi connectivity index (χ2n) is 5.98. The molecule has 2 rings (SSSR count). The predicted octanol–water partition coefficient (Wildman–Crippen LogP) is 4.00. The van der Waals surface area contributed by atoms with Crippen molar-refractivity contribution in [3.63, 3.8) is 0 Å². The van der Waals surface area contributed by atoms with Crippen molar-refractivity contribution in [3.8, 4) is 11.5 Å². The zero-order chi connectivity index (χ0) is 15.4. The Morgan fingerprint density at radius 2 is 1.87 bits per heavy atom. The molecule has 0 amide bonds. The minimum Gasteiger partial charge on any atom is -0.504 e. The lowest BCUT2D eigenvalue weighted by Crippen LogP contribution is -2.45. The largest absolute Gasteiger partial charge is 0.504 e. The molecular weight excluding hydrogens is 403 g/mol. The van der Waals surface area contributed by atoms with Crippen LogP contribution in [0, 0.1) is 5.92 Å². The first-order valence-corrected chi connectivity index (χ1v) is 8.33. The average molecular weight is 430 g/mol. The maximum Gasteiger partial charge on any atom is 0.162 e. The van der Waals surface area contributed by atoms with Crippen LogP contribution in [0.25, 0.3) is 0 Å². The molecule has 134 valence electrons. The maximum absolute atomic E-state index is 10.5. The summed E-state index contributed by atoms with van der Waals surface area (Å²) in [5.74, 6) is 1.36. The molecule has 1 atom stereocenters. The number of benzene rings is 1. The van der Waals surface area contributed by atoms with Gasteiger partial charge in [-0.2, -0.15) is 0 Å². The van der Waals surface area contributed by atoms with Gasteiger partial charge in [-0.05, 0) is 24.5 Å². The third-order valence-electron chi connectivity index (χ3n) is 3.94. The summed E-state index contributed by atoms with van der Waals surface area (Å²) in [4.78, 5) is 2.46. The number of hydrogen-bond acceptors (Lipinski definition) is 4. The van der Waals surface area contributed by atoms with Crippen LogP contribution in [0.4, 0.5) is 0 Å². The highest BCUT2D eigenvalue weighted by Crippen LogP contribution is 2.41. The molecule has 1 aromatic carbocycles. The molecule has 0 bridgehead atoms. The van der Waals surface area contributed by atoms with Gasteiger partial charge >= 0.3 is 0 Å². The molecule has 0 saturated carbocycles. The van der Waals surface area contributed by atoms with E-state index in [4.69, 9.17) is 4.74 Å². The first kappa shape index (κ1) is 22.8. The third kappa shape index (κ3) is 5.98. The van der Waals surface area contributed by atoms with E-state index in [9.17, 15) is 5.11 Å². The standard InChI is InChI=1S/C16H25BrN2O2.2ClH/c1-11(2)8-14(19-6-4-18-5-7-19)13-9-12(17)10-15(21-3)16(13)20;;/h9-11,14,18,20H,4-8H2,1-3H3;2*1H/t14-;;/m1../s1. The molecule has 0 aromatic heterocycles. The number of phenolic OH excluding ortho intramolecular Hbond substituents is 1. The van der Waals surface area contributed by atoms with Crippen molar-refractivity contribution in [3.05, 3.63) is 22.2 Å². The van der Waals surface area contributed by atoms with E-state index in [0.717, 1.165) is 42.6 Å². The van der Waals surface area contributed by atoms with Gasteiger partial charge in [-0.3, -0.25) is 4.90 Å². The molecular formula is C16H27BrCl2N2O2. The van der Waals surface area contributed by atoms with Crippen molar-refractivity contribution < 1.29 is 9.84 Å². The zero-order valence-electron chi connectivity index (χ0n) is 13.8. The molecule has 0 aliphatic carbocycles. The number of rotatable bonds is 5. The van der Waals surface area contributed by atoms with Crippen molar-refractivity contribution in [2.24, 2.45) is 5.92 Å². The molecule has 2 N–H and O–H groups in total. The molecule has 1 aliphatic rings. The van der Waals surface area contributed by atoms with Crippen LogP contribution in [0.15, 0.2) is 16.6 Å². The minimum absolute atomic E-state index is 0. The quantitative estimate of drug-likeness (QED) is 0.742. The van der Waals surface area contributed by atoms with Gasteiger partial charge in [0.1, 0.15) is 0 Å². The predicted molar refractivity (Wildman–Crippen MR) is 103 cm³/mol. The van der Waals surface area contributed by atoms with Crippen molar-refractivity contribution in [2.45, 2.75) is 26.3 Å². The van der Waals surface area contributed by atoms with Crippen LogP contribution in [0.2, 0.25) is 0 Å². The molecule has 7 heteroatoms. The van der Waals surface area contributed by atoms with Crippen LogP contribution in [-0.4, -0.2) is 43.3 Å². The second kappa shape index (κ2) is 10.6. The SMILES string of the molecule is COc1cc(Br)cc([C@@H](CC(C)C)N2CCNCC2)c1O.Cl.Cl. The van der Waals surface area contributed by atoms with E-state index in [1.54, 1.807) is 7.11 Å². The Morgan fingerprint density at radius 1 is 1.26 bits per heavy atom. The molecule has 1 aromatic rings. The van der Waals surface area contributed by atoms with E-state index in [-0.39, 0.29) is 36.6 Å². The summed E-state index contributed by atoms with van der Waals surface area (Å²) in [6.45, 7) is 8.46. The van der Waals surface area contributed by atoms with Crippen LogP contribution < -0.4 is 10.1 Å². The highest BCUT2D eigenvalue weighted by molar-refractivity contribution is 9.10.